The van der Waals surface area contributed by atoms with E-state index in [4.69, 9.17) is 11.6 Å². The SMILES string of the molecule is O=C(Nn1c(C(=O)N2CC(CCl)c3c2cc2ccccc2c3O)cc2ccccc21)c1cc2ccccc2[nH]1. The fourth-order valence-corrected chi connectivity index (χ4v) is 5.86. The summed E-state index contributed by atoms with van der Waals surface area (Å²) in [6.45, 7) is 0.318. The molecule has 192 valence electrons. The molecule has 0 fully saturated rings. The zero-order valence-electron chi connectivity index (χ0n) is 20.7. The van der Waals surface area contributed by atoms with Gasteiger partial charge in [-0.1, -0.05) is 60.7 Å². The first-order valence-corrected chi connectivity index (χ1v) is 13.2. The lowest BCUT2D eigenvalue weighted by molar-refractivity contribution is 0.0977. The lowest BCUT2D eigenvalue weighted by Gasteiger charge is -2.20. The Labute approximate surface area is 228 Å². The molecule has 1 aliphatic rings. The number of aromatic hydroxyl groups is 1. The Bertz CT molecular complexity index is 1910. The molecular weight excluding hydrogens is 512 g/mol. The van der Waals surface area contributed by atoms with E-state index in [9.17, 15) is 14.7 Å². The standard InChI is InChI=1S/C31H23ClN4O3/c32-16-21-17-35(26-14-18-7-1-4-10-22(18)29(37)28(21)26)31(39)27-15-20-9-3-6-12-25(20)36(27)34-30(38)24-13-19-8-2-5-11-23(19)33-24/h1-15,21,33,37H,16-17H2,(H,34,38). The van der Waals surface area contributed by atoms with Crippen molar-refractivity contribution in [3.8, 4) is 5.75 Å². The second kappa shape index (κ2) is 8.92. The van der Waals surface area contributed by atoms with Gasteiger partial charge in [-0.05, 0) is 35.7 Å². The number of para-hydroxylation sites is 2. The molecule has 2 aromatic heterocycles. The predicted octanol–water partition coefficient (Wildman–Crippen LogP) is 6.35. The van der Waals surface area contributed by atoms with Crippen LogP contribution in [0.3, 0.4) is 0 Å². The first-order valence-electron chi connectivity index (χ1n) is 12.7. The molecule has 0 spiro atoms. The van der Waals surface area contributed by atoms with Crippen molar-refractivity contribution in [2.75, 3.05) is 22.8 Å². The third-order valence-corrected chi connectivity index (χ3v) is 7.86. The third-order valence-electron chi connectivity index (χ3n) is 7.49. The van der Waals surface area contributed by atoms with Crippen molar-refractivity contribution in [2.45, 2.75) is 5.92 Å². The number of anilines is 1. The first-order chi connectivity index (χ1) is 19.0. The zero-order chi connectivity index (χ0) is 26.7. The second-order valence-corrected chi connectivity index (χ2v) is 10.1. The number of alkyl halides is 1. The molecule has 2 amide bonds. The van der Waals surface area contributed by atoms with Gasteiger partial charge in [0.2, 0.25) is 0 Å². The van der Waals surface area contributed by atoms with Crippen LogP contribution in [0.2, 0.25) is 0 Å². The summed E-state index contributed by atoms with van der Waals surface area (Å²) in [6, 6.07) is 28.2. The molecule has 3 heterocycles. The summed E-state index contributed by atoms with van der Waals surface area (Å²) >= 11 is 6.33. The van der Waals surface area contributed by atoms with Crippen LogP contribution in [0.1, 0.15) is 32.5 Å². The van der Waals surface area contributed by atoms with E-state index in [0.717, 1.165) is 27.1 Å². The Balaban J connectivity index is 1.32. The molecule has 7 nitrogen and oxygen atoms in total. The summed E-state index contributed by atoms with van der Waals surface area (Å²) in [5.74, 6) is -0.494. The fraction of sp³-hybridized carbons (Fsp3) is 0.0968. The summed E-state index contributed by atoms with van der Waals surface area (Å²) in [4.78, 5) is 32.4. The topological polar surface area (TPSA) is 90.4 Å². The van der Waals surface area contributed by atoms with Gasteiger partial charge in [-0.2, -0.15) is 0 Å². The summed E-state index contributed by atoms with van der Waals surface area (Å²) in [5.41, 5.74) is 6.46. The van der Waals surface area contributed by atoms with Gasteiger partial charge in [0.15, 0.2) is 0 Å². The highest BCUT2D eigenvalue weighted by Crippen LogP contribution is 2.47. The summed E-state index contributed by atoms with van der Waals surface area (Å²) in [7, 11) is 0. The van der Waals surface area contributed by atoms with E-state index in [1.807, 2.05) is 78.9 Å². The molecule has 8 heteroatoms. The van der Waals surface area contributed by atoms with Crippen LogP contribution in [-0.4, -0.2) is 39.0 Å². The molecule has 1 atom stereocenters. The fourth-order valence-electron chi connectivity index (χ4n) is 5.61. The van der Waals surface area contributed by atoms with Crippen LogP contribution in [-0.2, 0) is 0 Å². The molecule has 3 N–H and O–H groups in total. The highest BCUT2D eigenvalue weighted by atomic mass is 35.5. The smallest absolute Gasteiger partial charge is 0.286 e. The normalized spacial score (nSPS) is 14.8. The largest absolute Gasteiger partial charge is 0.507 e. The molecule has 4 aromatic carbocycles. The maximum atomic E-state index is 14.2. The predicted molar refractivity (Wildman–Crippen MR) is 155 cm³/mol. The van der Waals surface area contributed by atoms with Crippen molar-refractivity contribution >= 4 is 61.7 Å². The Morgan fingerprint density at radius 1 is 0.923 bits per heavy atom. The van der Waals surface area contributed by atoms with Gasteiger partial charge in [-0.25, -0.2) is 4.68 Å². The number of aromatic nitrogens is 2. The van der Waals surface area contributed by atoms with Crippen molar-refractivity contribution in [2.24, 2.45) is 0 Å². The van der Waals surface area contributed by atoms with E-state index in [-0.39, 0.29) is 29.4 Å². The van der Waals surface area contributed by atoms with Crippen LogP contribution in [0.25, 0.3) is 32.6 Å². The van der Waals surface area contributed by atoms with Gasteiger partial charge < -0.3 is 15.0 Å². The van der Waals surface area contributed by atoms with Gasteiger partial charge in [-0.15, -0.1) is 11.6 Å². The first kappa shape index (κ1) is 23.4. The molecule has 39 heavy (non-hydrogen) atoms. The molecule has 6 aromatic rings. The number of aromatic amines is 1. The third kappa shape index (κ3) is 3.66. The minimum Gasteiger partial charge on any atom is -0.507 e. The number of nitrogens with zero attached hydrogens (tertiary/aromatic N) is 2. The Morgan fingerprint density at radius 3 is 2.44 bits per heavy atom. The molecule has 1 unspecified atom stereocenters. The number of fused-ring (bicyclic) bond motifs is 4. The average molecular weight is 535 g/mol. The number of benzene rings is 4. The van der Waals surface area contributed by atoms with E-state index < -0.39 is 0 Å². The number of H-pyrrole nitrogens is 1. The molecule has 1 aliphatic heterocycles. The van der Waals surface area contributed by atoms with Crippen molar-refractivity contribution in [1.29, 1.82) is 0 Å². The Kier molecular flexibility index (Phi) is 5.35. The second-order valence-electron chi connectivity index (χ2n) is 9.78. The number of hydrogen-bond acceptors (Lipinski definition) is 3. The van der Waals surface area contributed by atoms with Crippen LogP contribution in [0.15, 0.2) is 91.0 Å². The number of phenolic OH excluding ortho intramolecular Hbond substituents is 1. The van der Waals surface area contributed by atoms with Gasteiger partial charge in [0, 0.05) is 45.6 Å². The highest BCUT2D eigenvalue weighted by molar-refractivity contribution is 6.19. The summed E-state index contributed by atoms with van der Waals surface area (Å²) < 4.78 is 1.54. The lowest BCUT2D eigenvalue weighted by atomic mass is 9.97. The number of halogens is 1. The highest BCUT2D eigenvalue weighted by Gasteiger charge is 2.37. The number of phenols is 1. The molecule has 0 radical (unpaired) electrons. The van der Waals surface area contributed by atoms with Gasteiger partial charge in [-0.3, -0.25) is 15.0 Å². The minimum absolute atomic E-state index is 0.150. The van der Waals surface area contributed by atoms with E-state index in [1.54, 1.807) is 21.7 Å². The lowest BCUT2D eigenvalue weighted by Crippen LogP contribution is -2.34. The number of hydrogen-bond donors (Lipinski definition) is 3. The Morgan fingerprint density at radius 2 is 1.64 bits per heavy atom. The average Bonchev–Trinajstić information content (AvgIpc) is 3.66. The Hall–Kier alpha value is -4.75. The van der Waals surface area contributed by atoms with Crippen molar-refractivity contribution < 1.29 is 14.7 Å². The van der Waals surface area contributed by atoms with E-state index in [1.165, 1.54) is 0 Å². The maximum absolute atomic E-state index is 14.2. The quantitative estimate of drug-likeness (QED) is 0.230. The number of rotatable bonds is 4. The van der Waals surface area contributed by atoms with Gasteiger partial charge in [0.25, 0.3) is 11.8 Å². The van der Waals surface area contributed by atoms with Crippen molar-refractivity contribution in [3.05, 3.63) is 108 Å². The summed E-state index contributed by atoms with van der Waals surface area (Å²) in [6.07, 6.45) is 0. The molecule has 0 saturated carbocycles. The van der Waals surface area contributed by atoms with Crippen molar-refractivity contribution in [1.82, 2.24) is 9.66 Å². The van der Waals surface area contributed by atoms with Crippen LogP contribution < -0.4 is 10.3 Å². The van der Waals surface area contributed by atoms with Gasteiger partial charge >= 0.3 is 0 Å². The van der Waals surface area contributed by atoms with Gasteiger partial charge in [0.05, 0.1) is 11.2 Å². The van der Waals surface area contributed by atoms with E-state index in [0.29, 0.717) is 34.7 Å². The van der Waals surface area contributed by atoms with E-state index in [2.05, 4.69) is 10.4 Å². The number of carbonyl (C=O) groups excluding carboxylic acids is 2. The minimum atomic E-state index is -0.370. The van der Waals surface area contributed by atoms with Gasteiger partial charge in [0.1, 0.15) is 17.1 Å². The van der Waals surface area contributed by atoms with Crippen LogP contribution in [0.4, 0.5) is 5.69 Å². The maximum Gasteiger partial charge on any atom is 0.286 e. The zero-order valence-corrected chi connectivity index (χ0v) is 21.4. The van der Waals surface area contributed by atoms with Crippen molar-refractivity contribution in [3.63, 3.8) is 0 Å². The van der Waals surface area contributed by atoms with E-state index >= 15 is 0 Å². The number of carbonyl (C=O) groups is 2. The molecular formula is C31H23ClN4O3. The molecule has 0 saturated heterocycles. The summed E-state index contributed by atoms with van der Waals surface area (Å²) in [5, 5.41) is 14.4. The molecule has 0 aliphatic carbocycles. The van der Waals surface area contributed by atoms with Crippen LogP contribution in [0.5, 0.6) is 5.75 Å². The number of amides is 2. The molecule has 0 bridgehead atoms. The van der Waals surface area contributed by atoms with Crippen LogP contribution >= 0.6 is 11.6 Å². The molecule has 7 rings (SSSR count). The number of nitrogens with one attached hydrogen (secondary N) is 2. The van der Waals surface area contributed by atoms with Crippen LogP contribution in [0, 0.1) is 0 Å². The monoisotopic (exact) mass is 534 g/mol.